The molecule has 0 radical (unpaired) electrons. The number of amides is 1. The lowest BCUT2D eigenvalue weighted by Crippen LogP contribution is -2.49. The smallest absolute Gasteiger partial charge is 0.227 e. The van der Waals surface area contributed by atoms with Crippen molar-refractivity contribution in [2.45, 2.75) is 26.7 Å². The average Bonchev–Trinajstić information content (AvgIpc) is 2.66. The molecule has 144 valence electrons. The summed E-state index contributed by atoms with van der Waals surface area (Å²) in [5.74, 6) is 1.90. The molecule has 0 unspecified atom stereocenters. The van der Waals surface area contributed by atoms with Crippen molar-refractivity contribution in [3.8, 4) is 0 Å². The van der Waals surface area contributed by atoms with Crippen LogP contribution in [-0.2, 0) is 11.2 Å². The molecule has 1 fully saturated rings. The molecule has 0 atom stereocenters. The van der Waals surface area contributed by atoms with Crippen molar-refractivity contribution in [1.29, 1.82) is 0 Å². The fraction of sp³-hybridized carbons (Fsp3) is 0.476. The molecule has 2 aromatic rings. The molecule has 2 heterocycles. The van der Waals surface area contributed by atoms with Crippen molar-refractivity contribution >= 4 is 17.7 Å². The Hall–Kier alpha value is -2.63. The van der Waals surface area contributed by atoms with Crippen molar-refractivity contribution < 1.29 is 4.79 Å². The Kier molecular flexibility index (Phi) is 5.94. The van der Waals surface area contributed by atoms with Gasteiger partial charge in [0.1, 0.15) is 5.82 Å². The molecule has 0 saturated carbocycles. The summed E-state index contributed by atoms with van der Waals surface area (Å²) < 4.78 is 0. The van der Waals surface area contributed by atoms with Gasteiger partial charge in [-0.3, -0.25) is 4.79 Å². The monoisotopic (exact) mass is 367 g/mol. The molecule has 1 aromatic heterocycles. The predicted octanol–water partition coefficient (Wildman–Crippen LogP) is 2.44. The number of aromatic nitrogens is 2. The Morgan fingerprint density at radius 1 is 1.07 bits per heavy atom. The van der Waals surface area contributed by atoms with Gasteiger partial charge in [0.25, 0.3) is 0 Å². The van der Waals surface area contributed by atoms with E-state index >= 15 is 0 Å². The van der Waals surface area contributed by atoms with E-state index < -0.39 is 0 Å². The molecular formula is C21H29N5O. The van der Waals surface area contributed by atoms with E-state index in [-0.39, 0.29) is 5.91 Å². The van der Waals surface area contributed by atoms with E-state index in [1.807, 2.05) is 36.9 Å². The molecule has 0 spiro atoms. The standard InChI is InChI=1S/C21H29N5O/c1-16-6-5-7-18(14-16)8-9-20(27)25-10-12-26(13-11-25)21-22-17(2)15-19(23-21)24(3)4/h5-7,14-15H,8-13H2,1-4H3. The van der Waals surface area contributed by atoms with Gasteiger partial charge < -0.3 is 14.7 Å². The third-order valence-electron chi connectivity index (χ3n) is 4.91. The van der Waals surface area contributed by atoms with Crippen LogP contribution < -0.4 is 9.80 Å². The first kappa shape index (κ1) is 19.1. The topological polar surface area (TPSA) is 52.6 Å². The summed E-state index contributed by atoms with van der Waals surface area (Å²) in [7, 11) is 3.97. The van der Waals surface area contributed by atoms with Crippen LogP contribution in [0.1, 0.15) is 23.2 Å². The minimum Gasteiger partial charge on any atom is -0.363 e. The van der Waals surface area contributed by atoms with Crippen LogP contribution in [-0.4, -0.2) is 61.0 Å². The van der Waals surface area contributed by atoms with Gasteiger partial charge in [-0.15, -0.1) is 0 Å². The lowest BCUT2D eigenvalue weighted by Gasteiger charge is -2.35. The number of piperazine rings is 1. The second kappa shape index (κ2) is 8.37. The third kappa shape index (κ3) is 4.96. The first-order valence-electron chi connectivity index (χ1n) is 9.53. The van der Waals surface area contributed by atoms with Gasteiger partial charge in [-0.05, 0) is 25.8 Å². The molecule has 1 saturated heterocycles. The second-order valence-corrected chi connectivity index (χ2v) is 7.42. The first-order valence-corrected chi connectivity index (χ1v) is 9.53. The Morgan fingerprint density at radius 2 is 1.81 bits per heavy atom. The summed E-state index contributed by atoms with van der Waals surface area (Å²) in [6.45, 7) is 7.06. The molecule has 1 amide bonds. The quantitative estimate of drug-likeness (QED) is 0.812. The first-order chi connectivity index (χ1) is 12.9. The van der Waals surface area contributed by atoms with E-state index in [1.54, 1.807) is 0 Å². The van der Waals surface area contributed by atoms with Gasteiger partial charge in [0, 0.05) is 58.5 Å². The number of rotatable bonds is 5. The minimum absolute atomic E-state index is 0.232. The highest BCUT2D eigenvalue weighted by Gasteiger charge is 2.23. The largest absolute Gasteiger partial charge is 0.363 e. The molecule has 3 rings (SSSR count). The van der Waals surface area contributed by atoms with Crippen molar-refractivity contribution in [2.24, 2.45) is 0 Å². The summed E-state index contributed by atoms with van der Waals surface area (Å²) in [6.07, 6.45) is 1.36. The lowest BCUT2D eigenvalue weighted by atomic mass is 10.1. The van der Waals surface area contributed by atoms with Gasteiger partial charge in [-0.1, -0.05) is 29.8 Å². The van der Waals surface area contributed by atoms with Crippen LogP contribution in [0.2, 0.25) is 0 Å². The normalized spacial score (nSPS) is 14.4. The average molecular weight is 367 g/mol. The van der Waals surface area contributed by atoms with Crippen molar-refractivity contribution in [3.63, 3.8) is 0 Å². The Morgan fingerprint density at radius 3 is 2.48 bits per heavy atom. The van der Waals surface area contributed by atoms with E-state index in [0.29, 0.717) is 6.42 Å². The molecule has 6 heteroatoms. The van der Waals surface area contributed by atoms with Gasteiger partial charge in [-0.25, -0.2) is 4.98 Å². The van der Waals surface area contributed by atoms with E-state index in [1.165, 1.54) is 11.1 Å². The molecule has 0 bridgehead atoms. The molecule has 0 N–H and O–H groups in total. The van der Waals surface area contributed by atoms with Crippen LogP contribution in [0.3, 0.4) is 0 Å². The summed E-state index contributed by atoms with van der Waals surface area (Å²) >= 11 is 0. The van der Waals surface area contributed by atoms with E-state index in [2.05, 4.69) is 46.1 Å². The van der Waals surface area contributed by atoms with Crippen molar-refractivity contribution in [3.05, 3.63) is 47.2 Å². The number of carbonyl (C=O) groups is 1. The predicted molar refractivity (Wildman–Crippen MR) is 109 cm³/mol. The highest BCUT2D eigenvalue weighted by Crippen LogP contribution is 2.18. The Labute approximate surface area is 161 Å². The van der Waals surface area contributed by atoms with Crippen molar-refractivity contribution in [1.82, 2.24) is 14.9 Å². The van der Waals surface area contributed by atoms with Crippen LogP contribution >= 0.6 is 0 Å². The Bertz CT molecular complexity index is 797. The molecular weight excluding hydrogens is 338 g/mol. The summed E-state index contributed by atoms with van der Waals surface area (Å²) in [5.41, 5.74) is 3.43. The van der Waals surface area contributed by atoms with E-state index in [4.69, 9.17) is 0 Å². The SMILES string of the molecule is Cc1cccc(CCC(=O)N2CCN(c3nc(C)cc(N(C)C)n3)CC2)c1. The number of carbonyl (C=O) groups excluding carboxylic acids is 1. The van der Waals surface area contributed by atoms with Gasteiger partial charge >= 0.3 is 0 Å². The molecule has 1 aromatic carbocycles. The molecule has 6 nitrogen and oxygen atoms in total. The third-order valence-corrected chi connectivity index (χ3v) is 4.91. The zero-order chi connectivity index (χ0) is 19.4. The van der Waals surface area contributed by atoms with Crippen LogP contribution in [0.4, 0.5) is 11.8 Å². The summed E-state index contributed by atoms with van der Waals surface area (Å²) in [6, 6.07) is 10.4. The van der Waals surface area contributed by atoms with Gasteiger partial charge in [-0.2, -0.15) is 4.98 Å². The van der Waals surface area contributed by atoms with Crippen LogP contribution in [0.15, 0.2) is 30.3 Å². The maximum atomic E-state index is 12.6. The van der Waals surface area contributed by atoms with Crippen LogP contribution in [0, 0.1) is 13.8 Å². The fourth-order valence-electron chi connectivity index (χ4n) is 3.34. The van der Waals surface area contributed by atoms with Gasteiger partial charge in [0.15, 0.2) is 0 Å². The zero-order valence-corrected chi connectivity index (χ0v) is 16.8. The van der Waals surface area contributed by atoms with Gasteiger partial charge in [0.05, 0.1) is 0 Å². The Balaban J connectivity index is 1.55. The van der Waals surface area contributed by atoms with Gasteiger partial charge in [0.2, 0.25) is 11.9 Å². The molecule has 27 heavy (non-hydrogen) atoms. The van der Waals surface area contributed by atoms with E-state index in [9.17, 15) is 4.79 Å². The summed E-state index contributed by atoms with van der Waals surface area (Å²) in [5, 5.41) is 0. The van der Waals surface area contributed by atoms with Crippen LogP contribution in [0.5, 0.6) is 0 Å². The number of nitrogens with zero attached hydrogens (tertiary/aromatic N) is 5. The maximum Gasteiger partial charge on any atom is 0.227 e. The summed E-state index contributed by atoms with van der Waals surface area (Å²) in [4.78, 5) is 27.9. The number of aryl methyl sites for hydroxylation is 3. The number of hydrogen-bond acceptors (Lipinski definition) is 5. The fourth-order valence-corrected chi connectivity index (χ4v) is 3.34. The second-order valence-electron chi connectivity index (χ2n) is 7.42. The van der Waals surface area contributed by atoms with Crippen LogP contribution in [0.25, 0.3) is 0 Å². The lowest BCUT2D eigenvalue weighted by molar-refractivity contribution is -0.131. The molecule has 1 aliphatic rings. The molecule has 0 aliphatic carbocycles. The number of anilines is 2. The number of benzene rings is 1. The van der Waals surface area contributed by atoms with E-state index in [0.717, 1.165) is 50.1 Å². The zero-order valence-electron chi connectivity index (χ0n) is 16.8. The highest BCUT2D eigenvalue weighted by molar-refractivity contribution is 5.76. The van der Waals surface area contributed by atoms with Crippen molar-refractivity contribution in [2.75, 3.05) is 50.1 Å². The number of hydrogen-bond donors (Lipinski definition) is 0. The molecule has 1 aliphatic heterocycles. The maximum absolute atomic E-state index is 12.6. The highest BCUT2D eigenvalue weighted by atomic mass is 16.2. The minimum atomic E-state index is 0.232.